The predicted octanol–water partition coefficient (Wildman–Crippen LogP) is 3.87. The maximum atomic E-state index is 12.9. The number of hydrogen-bond donors (Lipinski definition) is 0. The van der Waals surface area contributed by atoms with E-state index < -0.39 is 6.10 Å². The molecule has 29 heavy (non-hydrogen) atoms. The predicted molar refractivity (Wildman–Crippen MR) is 109 cm³/mol. The van der Waals surface area contributed by atoms with Crippen LogP contribution < -0.4 is 9.47 Å². The van der Waals surface area contributed by atoms with Gasteiger partial charge in [-0.2, -0.15) is 4.98 Å². The lowest BCUT2D eigenvalue weighted by atomic mass is 10.1. The van der Waals surface area contributed by atoms with E-state index in [9.17, 15) is 4.79 Å². The first-order valence-corrected chi connectivity index (χ1v) is 9.46. The lowest BCUT2D eigenvalue weighted by molar-refractivity contribution is -0.138. The van der Waals surface area contributed by atoms with Crippen LogP contribution in [0.4, 0.5) is 0 Å². The maximum absolute atomic E-state index is 12.9. The van der Waals surface area contributed by atoms with E-state index >= 15 is 0 Å². The highest BCUT2D eigenvalue weighted by Gasteiger charge is 2.25. The molecule has 3 aromatic rings. The minimum Gasteiger partial charge on any atom is -0.493 e. The fourth-order valence-corrected chi connectivity index (χ4v) is 2.92. The average Bonchev–Trinajstić information content (AvgIpc) is 3.20. The number of nitrogens with zero attached hydrogens (tertiary/aromatic N) is 3. The molecule has 7 heteroatoms. The van der Waals surface area contributed by atoms with Crippen LogP contribution in [0, 0.1) is 6.92 Å². The number of para-hydroxylation sites is 2. The van der Waals surface area contributed by atoms with Crippen molar-refractivity contribution in [1.29, 1.82) is 0 Å². The average molecular weight is 395 g/mol. The monoisotopic (exact) mass is 395 g/mol. The van der Waals surface area contributed by atoms with Gasteiger partial charge in [0.25, 0.3) is 5.91 Å². The second-order valence-corrected chi connectivity index (χ2v) is 6.74. The van der Waals surface area contributed by atoms with E-state index in [1.807, 2.05) is 50.2 Å². The molecule has 1 atom stereocenters. The minimum absolute atomic E-state index is 0.172. The van der Waals surface area contributed by atoms with Crippen molar-refractivity contribution in [2.24, 2.45) is 0 Å². The fourth-order valence-electron chi connectivity index (χ4n) is 2.92. The molecule has 3 rings (SSSR count). The van der Waals surface area contributed by atoms with Crippen LogP contribution in [0.15, 0.2) is 53.1 Å². The third-order valence-corrected chi connectivity index (χ3v) is 4.48. The van der Waals surface area contributed by atoms with Crippen molar-refractivity contribution in [3.63, 3.8) is 0 Å². The summed E-state index contributed by atoms with van der Waals surface area (Å²) in [5.41, 5.74) is 1.99. The Balaban J connectivity index is 1.68. The van der Waals surface area contributed by atoms with Gasteiger partial charge >= 0.3 is 0 Å². The van der Waals surface area contributed by atoms with Crippen molar-refractivity contribution in [2.45, 2.75) is 32.9 Å². The van der Waals surface area contributed by atoms with Crippen LogP contribution in [0.2, 0.25) is 0 Å². The van der Waals surface area contributed by atoms with Gasteiger partial charge in [-0.1, -0.05) is 48.0 Å². The highest BCUT2D eigenvalue weighted by Crippen LogP contribution is 2.27. The third kappa shape index (κ3) is 4.93. The van der Waals surface area contributed by atoms with Gasteiger partial charge in [0.1, 0.15) is 0 Å². The molecule has 152 valence electrons. The summed E-state index contributed by atoms with van der Waals surface area (Å²) in [5, 5.41) is 4.02. The lowest BCUT2D eigenvalue weighted by Gasteiger charge is -2.23. The molecule has 0 fully saturated rings. The van der Waals surface area contributed by atoms with Crippen molar-refractivity contribution in [3.05, 3.63) is 60.0 Å². The zero-order valence-corrected chi connectivity index (χ0v) is 17.1. The molecule has 2 aromatic carbocycles. The molecule has 0 aliphatic carbocycles. The highest BCUT2D eigenvalue weighted by atomic mass is 16.5. The number of carbonyl (C=O) groups is 1. The van der Waals surface area contributed by atoms with Crippen molar-refractivity contribution in [1.82, 2.24) is 15.0 Å². The zero-order chi connectivity index (χ0) is 20.8. The van der Waals surface area contributed by atoms with Crippen LogP contribution in [-0.4, -0.2) is 41.2 Å². The van der Waals surface area contributed by atoms with Crippen molar-refractivity contribution >= 4 is 5.91 Å². The highest BCUT2D eigenvalue weighted by molar-refractivity contribution is 5.81. The number of aromatic nitrogens is 2. The molecule has 1 amide bonds. The molecule has 1 aromatic heterocycles. The second-order valence-electron chi connectivity index (χ2n) is 6.74. The zero-order valence-electron chi connectivity index (χ0n) is 17.1. The summed E-state index contributed by atoms with van der Waals surface area (Å²) in [6.07, 6.45) is -0.130. The number of likely N-dealkylation sites (N-methyl/N-ethyl adjacent to an activating group) is 1. The molecule has 0 saturated carbocycles. The minimum atomic E-state index is -0.643. The van der Waals surface area contributed by atoms with Gasteiger partial charge in [-0.05, 0) is 31.5 Å². The quantitative estimate of drug-likeness (QED) is 0.576. The normalized spacial score (nSPS) is 11.7. The summed E-state index contributed by atoms with van der Waals surface area (Å²) in [7, 11) is 3.26. The number of ether oxygens (including phenoxy) is 2. The van der Waals surface area contributed by atoms with Crippen molar-refractivity contribution in [2.75, 3.05) is 14.2 Å². The molecule has 0 saturated heterocycles. The number of methoxy groups -OCH3 is 1. The molecular weight excluding hydrogens is 370 g/mol. The molecule has 0 spiro atoms. The van der Waals surface area contributed by atoms with E-state index in [0.29, 0.717) is 29.6 Å². The summed E-state index contributed by atoms with van der Waals surface area (Å²) in [4.78, 5) is 18.8. The van der Waals surface area contributed by atoms with E-state index in [-0.39, 0.29) is 12.5 Å². The van der Waals surface area contributed by atoms with Gasteiger partial charge in [-0.15, -0.1) is 0 Å². The topological polar surface area (TPSA) is 77.7 Å². The molecule has 1 heterocycles. The summed E-state index contributed by atoms with van der Waals surface area (Å²) >= 11 is 0. The van der Waals surface area contributed by atoms with Gasteiger partial charge < -0.3 is 18.9 Å². The van der Waals surface area contributed by atoms with Crippen LogP contribution in [-0.2, 0) is 11.3 Å². The summed E-state index contributed by atoms with van der Waals surface area (Å²) in [5.74, 6) is 1.81. The van der Waals surface area contributed by atoms with E-state index in [0.717, 1.165) is 11.1 Å². The first-order chi connectivity index (χ1) is 14.0. The molecule has 0 N–H and O–H groups in total. The Morgan fingerprint density at radius 3 is 2.62 bits per heavy atom. The van der Waals surface area contributed by atoms with Gasteiger partial charge in [-0.25, -0.2) is 0 Å². The van der Waals surface area contributed by atoms with Gasteiger partial charge in [0.15, 0.2) is 17.6 Å². The first-order valence-electron chi connectivity index (χ1n) is 9.46. The van der Waals surface area contributed by atoms with E-state index in [2.05, 4.69) is 10.1 Å². The summed E-state index contributed by atoms with van der Waals surface area (Å²) < 4.78 is 16.5. The Labute approximate surface area is 170 Å². The SMILES string of the molecule is CCC(Oc1ccccc1OC)C(=O)N(C)Cc1nc(-c2cccc(C)c2)no1. The van der Waals surface area contributed by atoms with Gasteiger partial charge in [0.2, 0.25) is 11.7 Å². The maximum Gasteiger partial charge on any atom is 0.263 e. The standard InChI is InChI=1S/C22H25N3O4/c1-5-17(28-19-12-7-6-11-18(19)27-4)22(26)25(3)14-20-23-21(24-29-20)16-10-8-9-15(2)13-16/h6-13,17H,5,14H2,1-4H3. The van der Waals surface area contributed by atoms with Crippen LogP contribution in [0.25, 0.3) is 11.4 Å². The molecule has 1 unspecified atom stereocenters. The van der Waals surface area contributed by atoms with Crippen LogP contribution in [0.5, 0.6) is 11.5 Å². The Morgan fingerprint density at radius 2 is 1.93 bits per heavy atom. The van der Waals surface area contributed by atoms with E-state index in [1.165, 1.54) is 4.90 Å². The van der Waals surface area contributed by atoms with Crippen LogP contribution in [0.1, 0.15) is 24.8 Å². The summed E-state index contributed by atoms with van der Waals surface area (Å²) in [6.45, 7) is 4.10. The molecule has 0 radical (unpaired) electrons. The summed E-state index contributed by atoms with van der Waals surface area (Å²) in [6, 6.07) is 15.1. The Kier molecular flexibility index (Phi) is 6.49. The number of aryl methyl sites for hydroxylation is 1. The molecule has 0 aliphatic rings. The van der Waals surface area contributed by atoms with E-state index in [1.54, 1.807) is 26.3 Å². The fraction of sp³-hybridized carbons (Fsp3) is 0.318. The van der Waals surface area contributed by atoms with Gasteiger partial charge in [-0.3, -0.25) is 4.79 Å². The van der Waals surface area contributed by atoms with Gasteiger partial charge in [0.05, 0.1) is 13.7 Å². The van der Waals surface area contributed by atoms with Crippen molar-refractivity contribution < 1.29 is 18.8 Å². The van der Waals surface area contributed by atoms with E-state index in [4.69, 9.17) is 14.0 Å². The van der Waals surface area contributed by atoms with Gasteiger partial charge in [0, 0.05) is 12.6 Å². The Morgan fingerprint density at radius 1 is 1.17 bits per heavy atom. The van der Waals surface area contributed by atoms with Crippen molar-refractivity contribution in [3.8, 4) is 22.9 Å². The lowest BCUT2D eigenvalue weighted by Crippen LogP contribution is -2.39. The molecule has 0 bridgehead atoms. The molecular formula is C22H25N3O4. The number of rotatable bonds is 8. The number of carbonyl (C=O) groups excluding carboxylic acids is 1. The second kappa shape index (κ2) is 9.23. The number of hydrogen-bond acceptors (Lipinski definition) is 6. The molecule has 0 aliphatic heterocycles. The Bertz CT molecular complexity index is 970. The molecule has 7 nitrogen and oxygen atoms in total. The number of benzene rings is 2. The third-order valence-electron chi connectivity index (χ3n) is 4.48. The largest absolute Gasteiger partial charge is 0.493 e. The van der Waals surface area contributed by atoms with Crippen LogP contribution in [0.3, 0.4) is 0 Å². The van der Waals surface area contributed by atoms with Crippen LogP contribution >= 0.6 is 0 Å². The number of amides is 1. The smallest absolute Gasteiger partial charge is 0.263 e. The Hall–Kier alpha value is -3.35. The first kappa shape index (κ1) is 20.4.